The van der Waals surface area contributed by atoms with E-state index in [9.17, 15) is 4.79 Å². The summed E-state index contributed by atoms with van der Waals surface area (Å²) in [6.07, 6.45) is 1.16. The highest BCUT2D eigenvalue weighted by Gasteiger charge is 2.04. The summed E-state index contributed by atoms with van der Waals surface area (Å²) < 4.78 is 10.3. The molecule has 0 unspecified atom stereocenters. The van der Waals surface area contributed by atoms with Crippen LogP contribution in [-0.4, -0.2) is 26.7 Å². The van der Waals surface area contributed by atoms with Gasteiger partial charge in [-0.1, -0.05) is 24.3 Å². The molecule has 2 rings (SSSR count). The molecule has 0 saturated carbocycles. The maximum absolute atomic E-state index is 11.9. The van der Waals surface area contributed by atoms with Crippen LogP contribution in [0.4, 0.5) is 0 Å². The van der Waals surface area contributed by atoms with Gasteiger partial charge in [-0.15, -0.1) is 0 Å². The van der Waals surface area contributed by atoms with Crippen molar-refractivity contribution in [2.24, 2.45) is 0 Å². The predicted octanol–water partition coefficient (Wildman–Crippen LogP) is 2.61. The largest absolute Gasteiger partial charge is 0.497 e. The summed E-state index contributed by atoms with van der Waals surface area (Å²) in [6.45, 7) is 0.620. The molecule has 0 saturated heterocycles. The third-order valence-electron chi connectivity index (χ3n) is 3.39. The Balaban J connectivity index is 1.77. The van der Waals surface area contributed by atoms with Crippen molar-refractivity contribution in [2.75, 3.05) is 20.8 Å². The number of hydrogen-bond donors (Lipinski definition) is 1. The lowest BCUT2D eigenvalue weighted by Gasteiger charge is -2.07. The lowest BCUT2D eigenvalue weighted by Crippen LogP contribution is -2.27. The maximum Gasteiger partial charge on any atom is 0.224 e. The molecule has 0 heterocycles. The normalized spacial score (nSPS) is 10.1. The second-order valence-corrected chi connectivity index (χ2v) is 4.98. The number of ether oxygens (including phenoxy) is 2. The van der Waals surface area contributed by atoms with Crippen LogP contribution in [0.3, 0.4) is 0 Å². The predicted molar refractivity (Wildman–Crippen MR) is 86.4 cm³/mol. The van der Waals surface area contributed by atoms with Crippen LogP contribution >= 0.6 is 0 Å². The summed E-state index contributed by atoms with van der Waals surface area (Å²) in [5.74, 6) is 1.62. The summed E-state index contributed by atoms with van der Waals surface area (Å²) in [6, 6.07) is 15.4. The molecule has 2 aromatic carbocycles. The Labute approximate surface area is 131 Å². The quantitative estimate of drug-likeness (QED) is 0.855. The zero-order chi connectivity index (χ0) is 15.8. The molecule has 0 radical (unpaired) electrons. The molecule has 0 aliphatic carbocycles. The lowest BCUT2D eigenvalue weighted by molar-refractivity contribution is -0.120. The van der Waals surface area contributed by atoms with Crippen molar-refractivity contribution < 1.29 is 14.3 Å². The summed E-state index contributed by atoms with van der Waals surface area (Å²) in [7, 11) is 3.27. The first-order valence-electron chi connectivity index (χ1n) is 7.24. The number of hydrogen-bond acceptors (Lipinski definition) is 3. The second-order valence-electron chi connectivity index (χ2n) is 4.98. The molecule has 0 aliphatic rings. The molecule has 0 atom stereocenters. The van der Waals surface area contributed by atoms with Crippen molar-refractivity contribution >= 4 is 5.91 Å². The number of methoxy groups -OCH3 is 2. The lowest BCUT2D eigenvalue weighted by atomic mass is 10.1. The molecule has 4 heteroatoms. The van der Waals surface area contributed by atoms with Gasteiger partial charge in [0.25, 0.3) is 0 Å². The number of nitrogens with one attached hydrogen (secondary N) is 1. The van der Waals surface area contributed by atoms with Crippen LogP contribution in [-0.2, 0) is 17.6 Å². The van der Waals surface area contributed by atoms with Crippen molar-refractivity contribution in [3.05, 3.63) is 59.7 Å². The van der Waals surface area contributed by atoms with Gasteiger partial charge in [-0.2, -0.15) is 0 Å². The fraction of sp³-hybridized carbons (Fsp3) is 0.278. The van der Waals surface area contributed by atoms with E-state index in [0.717, 1.165) is 23.5 Å². The molecular formula is C18H21NO3. The zero-order valence-electron chi connectivity index (χ0n) is 13.0. The summed E-state index contributed by atoms with van der Waals surface area (Å²) in [5, 5.41) is 2.93. The molecule has 116 valence electrons. The summed E-state index contributed by atoms with van der Waals surface area (Å²) >= 11 is 0. The molecule has 4 nitrogen and oxygen atoms in total. The van der Waals surface area contributed by atoms with E-state index < -0.39 is 0 Å². The maximum atomic E-state index is 11.9. The van der Waals surface area contributed by atoms with Crippen molar-refractivity contribution in [2.45, 2.75) is 12.8 Å². The summed E-state index contributed by atoms with van der Waals surface area (Å²) in [5.41, 5.74) is 2.11. The van der Waals surface area contributed by atoms with E-state index in [1.54, 1.807) is 14.2 Å². The van der Waals surface area contributed by atoms with E-state index >= 15 is 0 Å². The molecule has 1 N–H and O–H groups in total. The molecule has 1 amide bonds. The molecular weight excluding hydrogens is 278 g/mol. The van der Waals surface area contributed by atoms with Crippen molar-refractivity contribution in [3.63, 3.8) is 0 Å². The first kappa shape index (κ1) is 15.9. The number of rotatable bonds is 7. The van der Waals surface area contributed by atoms with Gasteiger partial charge in [0.05, 0.1) is 20.6 Å². The highest BCUT2D eigenvalue weighted by molar-refractivity contribution is 5.78. The van der Waals surface area contributed by atoms with Crippen LogP contribution < -0.4 is 14.8 Å². The third kappa shape index (κ3) is 4.81. The fourth-order valence-corrected chi connectivity index (χ4v) is 2.17. The first-order valence-corrected chi connectivity index (χ1v) is 7.24. The minimum atomic E-state index is 0.0155. The number of benzene rings is 2. The zero-order valence-corrected chi connectivity index (χ0v) is 13.0. The van der Waals surface area contributed by atoms with Gasteiger partial charge in [0, 0.05) is 6.54 Å². The monoisotopic (exact) mass is 299 g/mol. The van der Waals surface area contributed by atoms with Gasteiger partial charge < -0.3 is 14.8 Å². The van der Waals surface area contributed by atoms with E-state index in [4.69, 9.17) is 9.47 Å². The summed E-state index contributed by atoms with van der Waals surface area (Å²) in [4.78, 5) is 11.9. The Morgan fingerprint density at radius 1 is 0.955 bits per heavy atom. The Morgan fingerprint density at radius 2 is 1.68 bits per heavy atom. The Hall–Kier alpha value is -2.49. The molecule has 0 spiro atoms. The van der Waals surface area contributed by atoms with Gasteiger partial charge in [-0.05, 0) is 41.8 Å². The minimum Gasteiger partial charge on any atom is -0.497 e. The van der Waals surface area contributed by atoms with Gasteiger partial charge in [-0.25, -0.2) is 0 Å². The molecule has 22 heavy (non-hydrogen) atoms. The van der Waals surface area contributed by atoms with Crippen LogP contribution in [0, 0.1) is 0 Å². The number of amides is 1. The topological polar surface area (TPSA) is 47.6 Å². The van der Waals surface area contributed by atoms with E-state index in [0.29, 0.717) is 13.0 Å². The van der Waals surface area contributed by atoms with Crippen molar-refractivity contribution in [1.29, 1.82) is 0 Å². The molecule has 2 aromatic rings. The smallest absolute Gasteiger partial charge is 0.224 e. The van der Waals surface area contributed by atoms with Gasteiger partial charge >= 0.3 is 0 Å². The second kappa shape index (κ2) is 8.08. The fourth-order valence-electron chi connectivity index (χ4n) is 2.17. The van der Waals surface area contributed by atoms with Gasteiger partial charge in [0.1, 0.15) is 11.5 Å². The average Bonchev–Trinajstić information content (AvgIpc) is 2.55. The van der Waals surface area contributed by atoms with Gasteiger partial charge in [0.15, 0.2) is 0 Å². The SMILES string of the molecule is COc1ccc(CCNC(=O)Cc2cccc(OC)c2)cc1. The van der Waals surface area contributed by atoms with Crippen LogP contribution in [0.25, 0.3) is 0 Å². The van der Waals surface area contributed by atoms with Crippen LogP contribution in [0.5, 0.6) is 11.5 Å². The standard InChI is InChI=1S/C18H21NO3/c1-21-16-8-6-14(7-9-16)10-11-19-18(20)13-15-4-3-5-17(12-15)22-2/h3-9,12H,10-11,13H2,1-2H3,(H,19,20). The van der Waals surface area contributed by atoms with Crippen LogP contribution in [0.2, 0.25) is 0 Å². The molecule has 0 bridgehead atoms. The number of carbonyl (C=O) groups excluding carboxylic acids is 1. The van der Waals surface area contributed by atoms with Gasteiger partial charge in [0.2, 0.25) is 5.91 Å². The molecule has 0 aromatic heterocycles. The number of carbonyl (C=O) groups is 1. The van der Waals surface area contributed by atoms with Crippen LogP contribution in [0.15, 0.2) is 48.5 Å². The first-order chi connectivity index (χ1) is 10.7. The minimum absolute atomic E-state index is 0.0155. The highest BCUT2D eigenvalue weighted by atomic mass is 16.5. The molecule has 0 fully saturated rings. The van der Waals surface area contributed by atoms with E-state index in [1.165, 1.54) is 5.56 Å². The van der Waals surface area contributed by atoms with Gasteiger partial charge in [-0.3, -0.25) is 4.79 Å². The molecule has 0 aliphatic heterocycles. The van der Waals surface area contributed by atoms with E-state index in [-0.39, 0.29) is 5.91 Å². The Bertz CT molecular complexity index is 608. The van der Waals surface area contributed by atoms with E-state index in [2.05, 4.69) is 5.32 Å². The average molecular weight is 299 g/mol. The Kier molecular flexibility index (Phi) is 5.83. The Morgan fingerprint density at radius 3 is 2.36 bits per heavy atom. The van der Waals surface area contributed by atoms with Crippen molar-refractivity contribution in [3.8, 4) is 11.5 Å². The third-order valence-corrected chi connectivity index (χ3v) is 3.39. The van der Waals surface area contributed by atoms with E-state index in [1.807, 2.05) is 48.5 Å². The van der Waals surface area contributed by atoms with Crippen molar-refractivity contribution in [1.82, 2.24) is 5.32 Å². The van der Waals surface area contributed by atoms with Crippen LogP contribution in [0.1, 0.15) is 11.1 Å². The highest BCUT2D eigenvalue weighted by Crippen LogP contribution is 2.13.